The molecule has 0 bridgehead atoms. The SMILES string of the molecule is CC(NC(=O)c1nc(C(=O)O)cs1)C(=O)NC1CC1. The summed E-state index contributed by atoms with van der Waals surface area (Å²) < 4.78 is 0. The highest BCUT2D eigenvalue weighted by Gasteiger charge is 2.26. The van der Waals surface area contributed by atoms with E-state index in [2.05, 4.69) is 15.6 Å². The van der Waals surface area contributed by atoms with Crippen molar-refractivity contribution in [1.82, 2.24) is 15.6 Å². The summed E-state index contributed by atoms with van der Waals surface area (Å²) in [5, 5.41) is 15.3. The first-order valence-electron chi connectivity index (χ1n) is 5.77. The lowest BCUT2D eigenvalue weighted by atomic mass is 10.3. The Morgan fingerprint density at radius 3 is 2.68 bits per heavy atom. The maximum Gasteiger partial charge on any atom is 0.355 e. The Bertz CT molecular complexity index is 524. The van der Waals surface area contributed by atoms with Gasteiger partial charge in [-0.15, -0.1) is 11.3 Å². The van der Waals surface area contributed by atoms with Crippen molar-refractivity contribution in [3.8, 4) is 0 Å². The van der Waals surface area contributed by atoms with E-state index in [-0.39, 0.29) is 22.7 Å². The molecule has 0 radical (unpaired) electrons. The van der Waals surface area contributed by atoms with Gasteiger partial charge in [-0.1, -0.05) is 0 Å². The molecule has 1 aliphatic carbocycles. The predicted molar refractivity (Wildman–Crippen MR) is 67.2 cm³/mol. The van der Waals surface area contributed by atoms with Gasteiger partial charge < -0.3 is 15.7 Å². The van der Waals surface area contributed by atoms with E-state index in [9.17, 15) is 14.4 Å². The average Bonchev–Trinajstić information content (AvgIpc) is 3.01. The van der Waals surface area contributed by atoms with Crippen LogP contribution >= 0.6 is 11.3 Å². The largest absolute Gasteiger partial charge is 0.476 e. The molecule has 0 spiro atoms. The van der Waals surface area contributed by atoms with Crippen LogP contribution in [0.15, 0.2) is 5.38 Å². The maximum absolute atomic E-state index is 11.8. The van der Waals surface area contributed by atoms with Crippen molar-refractivity contribution in [2.24, 2.45) is 0 Å². The molecule has 0 saturated heterocycles. The van der Waals surface area contributed by atoms with Gasteiger partial charge in [-0.3, -0.25) is 9.59 Å². The number of hydrogen-bond donors (Lipinski definition) is 3. The molecule has 1 fully saturated rings. The summed E-state index contributed by atoms with van der Waals surface area (Å²) in [6.07, 6.45) is 1.95. The van der Waals surface area contributed by atoms with E-state index in [1.807, 2.05) is 0 Å². The zero-order chi connectivity index (χ0) is 14.0. The number of aromatic carboxylic acids is 1. The molecule has 0 aliphatic heterocycles. The van der Waals surface area contributed by atoms with Gasteiger partial charge in [0, 0.05) is 11.4 Å². The minimum absolute atomic E-state index is 0.0310. The van der Waals surface area contributed by atoms with Gasteiger partial charge in [0.2, 0.25) is 5.91 Å². The van der Waals surface area contributed by atoms with Gasteiger partial charge in [-0.05, 0) is 19.8 Å². The Kier molecular flexibility index (Phi) is 3.79. The van der Waals surface area contributed by atoms with Crippen LogP contribution in [0.1, 0.15) is 40.1 Å². The molecule has 1 aromatic heterocycles. The maximum atomic E-state index is 11.8. The van der Waals surface area contributed by atoms with Crippen molar-refractivity contribution in [3.05, 3.63) is 16.1 Å². The number of aromatic nitrogens is 1. The third-order valence-electron chi connectivity index (χ3n) is 2.58. The van der Waals surface area contributed by atoms with E-state index in [0.717, 1.165) is 24.2 Å². The summed E-state index contributed by atoms with van der Waals surface area (Å²) in [7, 11) is 0. The monoisotopic (exact) mass is 283 g/mol. The fourth-order valence-electron chi connectivity index (χ4n) is 1.35. The van der Waals surface area contributed by atoms with Gasteiger partial charge >= 0.3 is 5.97 Å². The minimum Gasteiger partial charge on any atom is -0.476 e. The van der Waals surface area contributed by atoms with E-state index >= 15 is 0 Å². The number of hydrogen-bond acceptors (Lipinski definition) is 5. The molecular formula is C11H13N3O4S. The van der Waals surface area contributed by atoms with E-state index < -0.39 is 17.9 Å². The first-order valence-corrected chi connectivity index (χ1v) is 6.65. The fraction of sp³-hybridized carbons (Fsp3) is 0.455. The molecule has 19 heavy (non-hydrogen) atoms. The van der Waals surface area contributed by atoms with Crippen LogP contribution in [0.5, 0.6) is 0 Å². The van der Waals surface area contributed by atoms with Gasteiger partial charge in [-0.25, -0.2) is 9.78 Å². The van der Waals surface area contributed by atoms with Crippen LogP contribution in [-0.4, -0.2) is 40.0 Å². The lowest BCUT2D eigenvalue weighted by Gasteiger charge is -2.12. The Labute approximate surface area is 113 Å². The third-order valence-corrected chi connectivity index (χ3v) is 3.42. The minimum atomic E-state index is -1.19. The molecule has 1 unspecified atom stereocenters. The normalized spacial score (nSPS) is 15.6. The second-order valence-corrected chi connectivity index (χ2v) is 5.18. The van der Waals surface area contributed by atoms with Gasteiger partial charge in [0.15, 0.2) is 10.7 Å². The van der Waals surface area contributed by atoms with Crippen molar-refractivity contribution in [2.75, 3.05) is 0 Å². The van der Waals surface area contributed by atoms with Crippen molar-refractivity contribution >= 4 is 29.1 Å². The molecule has 1 saturated carbocycles. The number of carbonyl (C=O) groups is 3. The zero-order valence-electron chi connectivity index (χ0n) is 10.2. The Balaban J connectivity index is 1.91. The number of amides is 2. The zero-order valence-corrected chi connectivity index (χ0v) is 11.0. The number of carbonyl (C=O) groups excluding carboxylic acids is 2. The quantitative estimate of drug-likeness (QED) is 0.717. The Hall–Kier alpha value is -1.96. The van der Waals surface area contributed by atoms with Gasteiger partial charge in [-0.2, -0.15) is 0 Å². The molecule has 3 N–H and O–H groups in total. The molecule has 0 aromatic carbocycles. The van der Waals surface area contributed by atoms with Crippen LogP contribution < -0.4 is 10.6 Å². The van der Waals surface area contributed by atoms with Crippen LogP contribution in [-0.2, 0) is 4.79 Å². The molecule has 8 heteroatoms. The molecule has 2 rings (SSSR count). The molecule has 7 nitrogen and oxygen atoms in total. The smallest absolute Gasteiger partial charge is 0.355 e. The Morgan fingerprint density at radius 1 is 1.47 bits per heavy atom. The van der Waals surface area contributed by atoms with Crippen molar-refractivity contribution in [3.63, 3.8) is 0 Å². The van der Waals surface area contributed by atoms with Gasteiger partial charge in [0.1, 0.15) is 6.04 Å². The van der Waals surface area contributed by atoms with Gasteiger partial charge in [0.05, 0.1) is 0 Å². The molecule has 1 aliphatic rings. The van der Waals surface area contributed by atoms with Crippen molar-refractivity contribution in [1.29, 1.82) is 0 Å². The summed E-state index contributed by atoms with van der Waals surface area (Å²) in [5.74, 6) is -1.98. The fourth-order valence-corrected chi connectivity index (χ4v) is 2.05. The number of thiazole rings is 1. The molecular weight excluding hydrogens is 270 g/mol. The molecule has 1 heterocycles. The second-order valence-electron chi connectivity index (χ2n) is 4.32. The molecule has 1 atom stereocenters. The summed E-state index contributed by atoms with van der Waals surface area (Å²) in [6.45, 7) is 1.57. The summed E-state index contributed by atoms with van der Waals surface area (Å²) >= 11 is 0.930. The van der Waals surface area contributed by atoms with Crippen LogP contribution in [0.4, 0.5) is 0 Å². The topological polar surface area (TPSA) is 108 Å². The average molecular weight is 283 g/mol. The number of carboxylic acid groups (broad SMARTS) is 1. The number of nitrogens with zero attached hydrogens (tertiary/aromatic N) is 1. The van der Waals surface area contributed by atoms with Crippen molar-refractivity contribution in [2.45, 2.75) is 31.8 Å². The lowest BCUT2D eigenvalue weighted by Crippen LogP contribution is -2.45. The molecule has 102 valence electrons. The molecule has 2 amide bonds. The second kappa shape index (κ2) is 5.35. The van der Waals surface area contributed by atoms with Crippen LogP contribution in [0, 0.1) is 0 Å². The summed E-state index contributed by atoms with van der Waals surface area (Å²) in [4.78, 5) is 37.7. The number of carboxylic acids is 1. The van der Waals surface area contributed by atoms with Crippen LogP contribution in [0.25, 0.3) is 0 Å². The van der Waals surface area contributed by atoms with E-state index in [1.54, 1.807) is 6.92 Å². The highest BCUT2D eigenvalue weighted by atomic mass is 32.1. The standard InChI is InChI=1S/C11H13N3O4S/c1-5(8(15)13-6-2-3-6)12-9(16)10-14-7(4-19-10)11(17)18/h4-6H,2-3H2,1H3,(H,12,16)(H,13,15)(H,17,18). The van der Waals surface area contributed by atoms with Crippen molar-refractivity contribution < 1.29 is 19.5 Å². The third kappa shape index (κ3) is 3.50. The molecule has 1 aromatic rings. The van der Waals surface area contributed by atoms with E-state index in [4.69, 9.17) is 5.11 Å². The first-order chi connectivity index (χ1) is 8.97. The predicted octanol–water partition coefficient (Wildman–Crippen LogP) is 0.238. The number of nitrogens with one attached hydrogen (secondary N) is 2. The van der Waals surface area contributed by atoms with Gasteiger partial charge in [0.25, 0.3) is 5.91 Å². The van der Waals surface area contributed by atoms with Crippen LogP contribution in [0.3, 0.4) is 0 Å². The van der Waals surface area contributed by atoms with Crippen LogP contribution in [0.2, 0.25) is 0 Å². The Morgan fingerprint density at radius 2 is 2.16 bits per heavy atom. The lowest BCUT2D eigenvalue weighted by molar-refractivity contribution is -0.122. The van der Waals surface area contributed by atoms with E-state index in [0.29, 0.717) is 0 Å². The highest BCUT2D eigenvalue weighted by molar-refractivity contribution is 7.11. The summed E-state index contributed by atoms with van der Waals surface area (Å²) in [6, 6.07) is -0.449. The van der Waals surface area contributed by atoms with E-state index in [1.165, 1.54) is 5.38 Å². The first kappa shape index (κ1) is 13.5. The summed E-state index contributed by atoms with van der Waals surface area (Å²) in [5.41, 5.74) is -0.176. The number of rotatable bonds is 5. The highest BCUT2D eigenvalue weighted by Crippen LogP contribution is 2.18.